The minimum absolute atomic E-state index is 0.135. The Labute approximate surface area is 194 Å². The molecule has 6 nitrogen and oxygen atoms in total. The van der Waals surface area contributed by atoms with Crippen molar-refractivity contribution in [2.24, 2.45) is 0 Å². The van der Waals surface area contributed by atoms with E-state index in [0.29, 0.717) is 19.6 Å². The molecule has 0 spiro atoms. The molecule has 0 aliphatic rings. The highest BCUT2D eigenvalue weighted by atomic mass is 16.5. The van der Waals surface area contributed by atoms with Crippen LogP contribution in [0.5, 0.6) is 5.75 Å². The maximum absolute atomic E-state index is 12.9. The molecule has 3 aromatic rings. The predicted molar refractivity (Wildman–Crippen MR) is 128 cm³/mol. The zero-order valence-corrected chi connectivity index (χ0v) is 19.0. The van der Waals surface area contributed by atoms with E-state index in [1.54, 1.807) is 0 Å². The van der Waals surface area contributed by atoms with Gasteiger partial charge in [-0.1, -0.05) is 78.9 Å². The lowest BCUT2D eigenvalue weighted by Crippen LogP contribution is -2.48. The Morgan fingerprint density at radius 2 is 1.42 bits per heavy atom. The number of rotatable bonds is 10. The van der Waals surface area contributed by atoms with Gasteiger partial charge in [0.05, 0.1) is 6.54 Å². The lowest BCUT2D eigenvalue weighted by atomic mass is 10.1. The second kappa shape index (κ2) is 12.3. The predicted octanol–water partition coefficient (Wildman–Crippen LogP) is 4.34. The summed E-state index contributed by atoms with van der Waals surface area (Å²) in [6, 6.07) is 24.1. The van der Waals surface area contributed by atoms with Crippen molar-refractivity contribution in [3.05, 3.63) is 101 Å². The summed E-state index contributed by atoms with van der Waals surface area (Å²) in [5.41, 5.74) is 3.91. The number of ether oxygens (including phenoxy) is 2. The first kappa shape index (κ1) is 23.9. The summed E-state index contributed by atoms with van der Waals surface area (Å²) in [7, 11) is 0. The Bertz CT molecular complexity index is 1020. The molecular formula is C27H30N2O4. The van der Waals surface area contributed by atoms with Crippen LogP contribution in [0, 0.1) is 13.8 Å². The quantitative estimate of drug-likeness (QED) is 0.455. The van der Waals surface area contributed by atoms with Crippen LogP contribution in [0.2, 0.25) is 0 Å². The Hall–Kier alpha value is -3.80. The molecule has 0 saturated heterocycles. The van der Waals surface area contributed by atoms with Crippen molar-refractivity contribution in [1.29, 1.82) is 0 Å². The van der Waals surface area contributed by atoms with Gasteiger partial charge in [-0.3, -0.25) is 4.79 Å². The van der Waals surface area contributed by atoms with Gasteiger partial charge in [0.25, 0.3) is 0 Å². The average molecular weight is 447 g/mol. The zero-order valence-electron chi connectivity index (χ0n) is 19.0. The highest BCUT2D eigenvalue weighted by Crippen LogP contribution is 2.21. The second-order valence-electron chi connectivity index (χ2n) is 7.81. The molecule has 0 aromatic heterocycles. The number of carbonyl (C=O) groups is 2. The fourth-order valence-electron chi connectivity index (χ4n) is 3.44. The van der Waals surface area contributed by atoms with Crippen molar-refractivity contribution >= 4 is 12.0 Å². The highest BCUT2D eigenvalue weighted by Gasteiger charge is 2.22. The third-order valence-electron chi connectivity index (χ3n) is 5.16. The molecule has 3 aromatic carbocycles. The zero-order chi connectivity index (χ0) is 23.5. The van der Waals surface area contributed by atoms with Crippen molar-refractivity contribution in [1.82, 2.24) is 10.6 Å². The number of hydrogen-bond donors (Lipinski definition) is 2. The molecule has 1 atom stereocenters. The van der Waals surface area contributed by atoms with Crippen LogP contribution in [-0.2, 0) is 22.6 Å². The van der Waals surface area contributed by atoms with E-state index in [9.17, 15) is 9.59 Å². The first-order valence-corrected chi connectivity index (χ1v) is 11.0. The van der Waals surface area contributed by atoms with E-state index in [0.717, 1.165) is 28.0 Å². The van der Waals surface area contributed by atoms with Crippen LogP contribution >= 0.6 is 0 Å². The topological polar surface area (TPSA) is 76.7 Å². The van der Waals surface area contributed by atoms with Crippen molar-refractivity contribution in [2.45, 2.75) is 32.9 Å². The molecular weight excluding hydrogens is 416 g/mol. The SMILES string of the molecule is Cc1cccc(C)c1OCCNC(=O)C(Cc1ccccc1)NC(=O)OCc1ccccc1. The lowest BCUT2D eigenvalue weighted by molar-refractivity contribution is -0.123. The van der Waals surface area contributed by atoms with Crippen molar-refractivity contribution < 1.29 is 19.1 Å². The maximum Gasteiger partial charge on any atom is 0.408 e. The summed E-state index contributed by atoms with van der Waals surface area (Å²) in [6.07, 6.45) is -0.285. The van der Waals surface area contributed by atoms with Gasteiger partial charge in [0.1, 0.15) is 25.0 Å². The summed E-state index contributed by atoms with van der Waals surface area (Å²) in [5.74, 6) is 0.538. The average Bonchev–Trinajstić information content (AvgIpc) is 2.83. The summed E-state index contributed by atoms with van der Waals surface area (Å²) in [6.45, 7) is 4.76. The fourth-order valence-corrected chi connectivity index (χ4v) is 3.44. The van der Waals surface area contributed by atoms with Crippen LogP contribution in [0.3, 0.4) is 0 Å². The molecule has 2 amide bonds. The van der Waals surface area contributed by atoms with E-state index in [4.69, 9.17) is 9.47 Å². The second-order valence-corrected chi connectivity index (χ2v) is 7.81. The molecule has 1 unspecified atom stereocenters. The molecule has 0 fully saturated rings. The van der Waals surface area contributed by atoms with Gasteiger partial charge in [-0.2, -0.15) is 0 Å². The van der Waals surface area contributed by atoms with Crippen LogP contribution in [0.15, 0.2) is 78.9 Å². The summed E-state index contributed by atoms with van der Waals surface area (Å²) in [5, 5.41) is 5.56. The molecule has 3 rings (SSSR count). The Morgan fingerprint density at radius 3 is 2.06 bits per heavy atom. The van der Waals surface area contributed by atoms with Gasteiger partial charge < -0.3 is 20.1 Å². The summed E-state index contributed by atoms with van der Waals surface area (Å²) in [4.78, 5) is 25.2. The van der Waals surface area contributed by atoms with Crippen LogP contribution in [0.4, 0.5) is 4.79 Å². The summed E-state index contributed by atoms with van der Waals surface area (Å²) >= 11 is 0. The van der Waals surface area contributed by atoms with Crippen molar-refractivity contribution in [2.75, 3.05) is 13.2 Å². The van der Waals surface area contributed by atoms with E-state index in [-0.39, 0.29) is 12.5 Å². The molecule has 0 radical (unpaired) electrons. The third-order valence-corrected chi connectivity index (χ3v) is 5.16. The Morgan fingerprint density at radius 1 is 0.818 bits per heavy atom. The largest absolute Gasteiger partial charge is 0.491 e. The highest BCUT2D eigenvalue weighted by molar-refractivity contribution is 5.85. The van der Waals surface area contributed by atoms with Gasteiger partial charge >= 0.3 is 6.09 Å². The first-order valence-electron chi connectivity index (χ1n) is 11.0. The Balaban J connectivity index is 1.54. The van der Waals surface area contributed by atoms with Gasteiger partial charge in [-0.15, -0.1) is 0 Å². The van der Waals surface area contributed by atoms with Gasteiger partial charge in [-0.25, -0.2) is 4.79 Å². The van der Waals surface area contributed by atoms with E-state index in [2.05, 4.69) is 10.6 Å². The number of hydrogen-bond acceptors (Lipinski definition) is 4. The monoisotopic (exact) mass is 446 g/mol. The molecule has 0 heterocycles. The molecule has 0 saturated carbocycles. The first-order chi connectivity index (χ1) is 16.0. The van der Waals surface area contributed by atoms with Gasteiger partial charge in [-0.05, 0) is 36.1 Å². The number of nitrogens with one attached hydrogen (secondary N) is 2. The van der Waals surface area contributed by atoms with Crippen LogP contribution in [-0.4, -0.2) is 31.2 Å². The van der Waals surface area contributed by atoms with Gasteiger partial charge in [0.15, 0.2) is 0 Å². The minimum atomic E-state index is -0.768. The maximum atomic E-state index is 12.9. The molecule has 0 aliphatic carbocycles. The van der Waals surface area contributed by atoms with E-state index in [1.165, 1.54) is 0 Å². The summed E-state index contributed by atoms with van der Waals surface area (Å²) < 4.78 is 11.2. The third kappa shape index (κ3) is 7.68. The number of para-hydroxylation sites is 1. The molecule has 0 aliphatic heterocycles. The van der Waals surface area contributed by atoms with Crippen molar-refractivity contribution in [3.8, 4) is 5.75 Å². The molecule has 6 heteroatoms. The van der Waals surface area contributed by atoms with E-state index in [1.807, 2.05) is 92.7 Å². The molecule has 33 heavy (non-hydrogen) atoms. The fraction of sp³-hybridized carbons (Fsp3) is 0.259. The Kier molecular flexibility index (Phi) is 8.88. The number of alkyl carbamates (subject to hydrolysis) is 1. The van der Waals surface area contributed by atoms with E-state index >= 15 is 0 Å². The van der Waals surface area contributed by atoms with E-state index < -0.39 is 12.1 Å². The van der Waals surface area contributed by atoms with Crippen LogP contribution < -0.4 is 15.4 Å². The lowest BCUT2D eigenvalue weighted by Gasteiger charge is -2.19. The number of carbonyl (C=O) groups excluding carboxylic acids is 2. The van der Waals surface area contributed by atoms with Gasteiger partial charge in [0, 0.05) is 6.42 Å². The smallest absolute Gasteiger partial charge is 0.408 e. The number of benzene rings is 3. The van der Waals surface area contributed by atoms with Crippen LogP contribution in [0.25, 0.3) is 0 Å². The van der Waals surface area contributed by atoms with Gasteiger partial charge in [0.2, 0.25) is 5.91 Å². The standard InChI is InChI=1S/C27H30N2O4/c1-20-10-9-11-21(2)25(20)32-17-16-28-26(30)24(18-22-12-5-3-6-13-22)29-27(31)33-19-23-14-7-4-8-15-23/h3-15,24H,16-19H2,1-2H3,(H,28,30)(H,29,31). The number of aryl methyl sites for hydroxylation is 2. The molecule has 172 valence electrons. The molecule has 0 bridgehead atoms. The van der Waals surface area contributed by atoms with Crippen LogP contribution in [0.1, 0.15) is 22.3 Å². The normalized spacial score (nSPS) is 11.3. The van der Waals surface area contributed by atoms with Crippen molar-refractivity contribution in [3.63, 3.8) is 0 Å². The molecule has 2 N–H and O–H groups in total. The minimum Gasteiger partial charge on any atom is -0.491 e. The number of amides is 2.